The van der Waals surface area contributed by atoms with E-state index in [2.05, 4.69) is 31.4 Å². The van der Waals surface area contributed by atoms with Crippen LogP contribution in [0.15, 0.2) is 0 Å². The van der Waals surface area contributed by atoms with Crippen molar-refractivity contribution >= 4 is 18.3 Å². The van der Waals surface area contributed by atoms with Crippen LogP contribution in [0.2, 0.25) is 0 Å². The molecule has 0 aromatic heterocycles. The maximum absolute atomic E-state index is 11.7. The maximum atomic E-state index is 11.7. The van der Waals surface area contributed by atoms with E-state index in [4.69, 9.17) is 0 Å². The number of hydrogen-bond donors (Lipinski definition) is 2. The molecule has 1 amide bonds. The van der Waals surface area contributed by atoms with E-state index in [0.717, 1.165) is 26.1 Å². The fraction of sp³-hybridized carbons (Fsp3) is 0.917. The van der Waals surface area contributed by atoms with Gasteiger partial charge in [-0.15, -0.1) is 12.4 Å². The van der Waals surface area contributed by atoms with Gasteiger partial charge in [-0.3, -0.25) is 4.79 Å². The summed E-state index contributed by atoms with van der Waals surface area (Å²) in [5.74, 6) is 0.914. The first-order valence-electron chi connectivity index (χ1n) is 5.88. The first-order chi connectivity index (χ1) is 6.90. The average molecular weight is 249 g/mol. The van der Waals surface area contributed by atoms with Gasteiger partial charge in [-0.1, -0.05) is 27.7 Å². The van der Waals surface area contributed by atoms with Gasteiger partial charge in [0.25, 0.3) is 0 Å². The normalized spacial score (nSPS) is 18.2. The summed E-state index contributed by atoms with van der Waals surface area (Å²) in [5.41, 5.74) is 0.300. The fourth-order valence-corrected chi connectivity index (χ4v) is 1.60. The van der Waals surface area contributed by atoms with Gasteiger partial charge >= 0.3 is 0 Å². The Kier molecular flexibility index (Phi) is 6.34. The quantitative estimate of drug-likeness (QED) is 0.797. The highest BCUT2D eigenvalue weighted by Crippen LogP contribution is 2.18. The molecule has 0 saturated carbocycles. The number of halogens is 1. The van der Waals surface area contributed by atoms with Gasteiger partial charge in [-0.2, -0.15) is 0 Å². The lowest BCUT2D eigenvalue weighted by atomic mass is 9.88. The molecule has 0 aromatic carbocycles. The molecule has 2 N–H and O–H groups in total. The summed E-state index contributed by atoms with van der Waals surface area (Å²) in [7, 11) is 0. The third kappa shape index (κ3) is 5.17. The minimum atomic E-state index is 0. The van der Waals surface area contributed by atoms with Crippen LogP contribution in [-0.2, 0) is 4.79 Å². The van der Waals surface area contributed by atoms with Crippen molar-refractivity contribution in [2.45, 2.75) is 34.1 Å². The summed E-state index contributed by atoms with van der Waals surface area (Å²) in [5, 5.41) is 6.22. The van der Waals surface area contributed by atoms with Crippen LogP contribution in [0.4, 0.5) is 0 Å². The van der Waals surface area contributed by atoms with Gasteiger partial charge in [0, 0.05) is 12.5 Å². The Morgan fingerprint density at radius 1 is 1.44 bits per heavy atom. The van der Waals surface area contributed by atoms with Crippen molar-refractivity contribution in [2.75, 3.05) is 19.6 Å². The minimum absolute atomic E-state index is 0. The zero-order valence-electron chi connectivity index (χ0n) is 10.8. The summed E-state index contributed by atoms with van der Waals surface area (Å²) in [6.45, 7) is 11.4. The van der Waals surface area contributed by atoms with Gasteiger partial charge in [0.15, 0.2) is 0 Å². The lowest BCUT2D eigenvalue weighted by Gasteiger charge is -2.32. The summed E-state index contributed by atoms with van der Waals surface area (Å²) in [4.78, 5) is 11.7. The van der Waals surface area contributed by atoms with Gasteiger partial charge in [0.05, 0.1) is 0 Å². The Bertz CT molecular complexity index is 222. The number of nitrogens with one attached hydrogen (secondary N) is 2. The van der Waals surface area contributed by atoms with Crippen LogP contribution in [0.25, 0.3) is 0 Å². The predicted octanol–water partition coefficient (Wildman–Crippen LogP) is 1.82. The lowest BCUT2D eigenvalue weighted by Crippen LogP contribution is -2.49. The summed E-state index contributed by atoms with van der Waals surface area (Å²) in [6, 6.07) is 0. The molecule has 1 heterocycles. The number of carbonyl (C=O) groups excluding carboxylic acids is 1. The van der Waals surface area contributed by atoms with Crippen molar-refractivity contribution in [2.24, 2.45) is 17.3 Å². The molecule has 0 bridgehead atoms. The van der Waals surface area contributed by atoms with Crippen LogP contribution in [0.3, 0.4) is 0 Å². The molecular formula is C12H25ClN2O. The Morgan fingerprint density at radius 2 is 2.00 bits per heavy atom. The molecule has 1 rings (SSSR count). The van der Waals surface area contributed by atoms with E-state index >= 15 is 0 Å². The van der Waals surface area contributed by atoms with E-state index < -0.39 is 0 Å². The molecule has 0 spiro atoms. The molecule has 1 fully saturated rings. The van der Waals surface area contributed by atoms with Gasteiger partial charge in [0.2, 0.25) is 5.91 Å². The summed E-state index contributed by atoms with van der Waals surface area (Å²) < 4.78 is 0. The third-order valence-corrected chi connectivity index (χ3v) is 3.11. The largest absolute Gasteiger partial charge is 0.356 e. The molecule has 1 unspecified atom stereocenters. The molecule has 1 aliphatic rings. The number of rotatable bonds is 4. The van der Waals surface area contributed by atoms with Crippen molar-refractivity contribution < 1.29 is 4.79 Å². The highest BCUT2D eigenvalue weighted by molar-refractivity contribution is 5.85. The van der Waals surface area contributed by atoms with E-state index in [1.807, 2.05) is 6.92 Å². The second kappa shape index (κ2) is 6.45. The molecule has 0 aliphatic carbocycles. The van der Waals surface area contributed by atoms with Gasteiger partial charge in [0.1, 0.15) is 0 Å². The first-order valence-corrected chi connectivity index (χ1v) is 5.88. The molecule has 1 saturated heterocycles. The number of hydrogen-bond acceptors (Lipinski definition) is 2. The minimum Gasteiger partial charge on any atom is -0.356 e. The van der Waals surface area contributed by atoms with E-state index in [9.17, 15) is 4.79 Å². The molecule has 96 valence electrons. The highest BCUT2D eigenvalue weighted by atomic mass is 35.5. The molecule has 1 aliphatic heterocycles. The van der Waals surface area contributed by atoms with Gasteiger partial charge in [-0.05, 0) is 30.8 Å². The third-order valence-electron chi connectivity index (χ3n) is 3.11. The summed E-state index contributed by atoms with van der Waals surface area (Å²) >= 11 is 0. The molecule has 0 radical (unpaired) electrons. The second-order valence-corrected chi connectivity index (χ2v) is 5.81. The molecule has 4 heteroatoms. The Morgan fingerprint density at radius 3 is 2.38 bits per heavy atom. The second-order valence-electron chi connectivity index (χ2n) is 5.81. The van der Waals surface area contributed by atoms with Crippen LogP contribution >= 0.6 is 12.4 Å². The maximum Gasteiger partial charge on any atom is 0.223 e. The van der Waals surface area contributed by atoms with Crippen LogP contribution in [-0.4, -0.2) is 25.5 Å². The Hall–Kier alpha value is -0.280. The highest BCUT2D eigenvalue weighted by Gasteiger charge is 2.28. The van der Waals surface area contributed by atoms with E-state index in [1.54, 1.807) is 0 Å². The molecule has 3 nitrogen and oxygen atoms in total. The van der Waals surface area contributed by atoms with Crippen LogP contribution in [0, 0.1) is 17.3 Å². The molecular weight excluding hydrogens is 224 g/mol. The monoisotopic (exact) mass is 248 g/mol. The Labute approximate surface area is 105 Å². The number of carbonyl (C=O) groups is 1. The van der Waals surface area contributed by atoms with Crippen molar-refractivity contribution in [1.29, 1.82) is 0 Å². The van der Waals surface area contributed by atoms with E-state index in [0.29, 0.717) is 11.3 Å². The predicted molar refractivity (Wildman–Crippen MR) is 69.9 cm³/mol. The standard InChI is InChI=1S/C12H24N2O.ClH/c1-9(10-7-13-8-10)11(15)14-6-5-12(2,3)4;/h9-10,13H,5-8H2,1-4H3,(H,14,15);1H. The number of amides is 1. The van der Waals surface area contributed by atoms with Crippen molar-refractivity contribution in [3.8, 4) is 0 Å². The molecule has 16 heavy (non-hydrogen) atoms. The first kappa shape index (κ1) is 15.7. The van der Waals surface area contributed by atoms with Crippen LogP contribution in [0.1, 0.15) is 34.1 Å². The SMILES string of the molecule is CC(C(=O)NCCC(C)(C)C)C1CNC1.Cl. The van der Waals surface area contributed by atoms with Gasteiger partial charge < -0.3 is 10.6 Å². The Balaban J connectivity index is 0.00000225. The molecule has 0 aromatic rings. The van der Waals surface area contributed by atoms with Crippen LogP contribution in [0.5, 0.6) is 0 Å². The van der Waals surface area contributed by atoms with Gasteiger partial charge in [-0.25, -0.2) is 0 Å². The lowest BCUT2D eigenvalue weighted by molar-refractivity contribution is -0.126. The van der Waals surface area contributed by atoms with E-state index in [-0.39, 0.29) is 24.2 Å². The summed E-state index contributed by atoms with van der Waals surface area (Å²) in [6.07, 6.45) is 1.04. The van der Waals surface area contributed by atoms with Crippen molar-refractivity contribution in [1.82, 2.24) is 10.6 Å². The zero-order valence-corrected chi connectivity index (χ0v) is 11.6. The smallest absolute Gasteiger partial charge is 0.223 e. The van der Waals surface area contributed by atoms with E-state index in [1.165, 1.54) is 0 Å². The zero-order chi connectivity index (χ0) is 11.5. The molecule has 1 atom stereocenters. The topological polar surface area (TPSA) is 41.1 Å². The van der Waals surface area contributed by atoms with Crippen molar-refractivity contribution in [3.05, 3.63) is 0 Å². The average Bonchev–Trinajstić information content (AvgIpc) is 1.98. The fourth-order valence-electron chi connectivity index (χ4n) is 1.60. The van der Waals surface area contributed by atoms with Crippen LogP contribution < -0.4 is 10.6 Å². The van der Waals surface area contributed by atoms with Crippen molar-refractivity contribution in [3.63, 3.8) is 0 Å².